The lowest BCUT2D eigenvalue weighted by molar-refractivity contribution is -0.137. The Morgan fingerprint density at radius 3 is 1.04 bits per heavy atom. The fourth-order valence-corrected chi connectivity index (χ4v) is 6.84. The molecule has 0 atom stereocenters. The number of hydrogen-bond donors (Lipinski definition) is 1. The van der Waals surface area contributed by atoms with Crippen LogP contribution in [-0.4, -0.2) is 11.1 Å². The Bertz CT molecular complexity index is 1830. The Morgan fingerprint density at radius 2 is 0.776 bits per heavy atom. The Kier molecular flexibility index (Phi) is 9.68. The van der Waals surface area contributed by atoms with Gasteiger partial charge in [0.2, 0.25) is 0 Å². The number of benzene rings is 6. The fraction of sp³-hybridized carbons (Fsp3) is 0.178. The second kappa shape index (κ2) is 14.2. The maximum absolute atomic E-state index is 11.9. The number of hydrogen-bond acceptors (Lipinski definition) is 3. The molecule has 0 radical (unpaired) electrons. The average Bonchev–Trinajstić information content (AvgIpc) is 3.11. The molecule has 0 bridgehead atoms. The Balaban J connectivity index is 1.41. The normalized spacial score (nSPS) is 11.3. The molecule has 0 aliphatic rings. The smallest absolute Gasteiger partial charge is 0.303 e. The van der Waals surface area contributed by atoms with E-state index in [1.165, 1.54) is 22.3 Å². The Hall–Kier alpha value is -5.61. The number of aryl methyl sites for hydroxylation is 4. The van der Waals surface area contributed by atoms with Gasteiger partial charge in [0, 0.05) is 46.0 Å². The van der Waals surface area contributed by atoms with E-state index in [2.05, 4.69) is 190 Å². The topological polar surface area (TPSA) is 43.8 Å². The van der Waals surface area contributed by atoms with Crippen molar-refractivity contribution in [3.8, 4) is 0 Å². The summed E-state index contributed by atoms with van der Waals surface area (Å²) in [5.74, 6) is -0.796. The van der Waals surface area contributed by atoms with Gasteiger partial charge in [0.05, 0.1) is 0 Å². The van der Waals surface area contributed by atoms with Crippen molar-refractivity contribution < 1.29 is 9.90 Å². The standard InChI is InChI=1S/C45H44N2O2/c1-32-14-6-10-18-40(32)46(41-19-11-7-15-33(41)2)38-26-22-36(23-27-38)45(5,31-30-44(48)49)37-24-28-39(29-25-37)47(42-20-12-8-16-34(42)3)43-21-13-9-17-35(43)4/h6-29H,30-31H2,1-5H3,(H,48,49). The van der Waals surface area contributed by atoms with E-state index in [-0.39, 0.29) is 6.42 Å². The molecule has 4 heteroatoms. The fourth-order valence-electron chi connectivity index (χ4n) is 6.84. The van der Waals surface area contributed by atoms with Gasteiger partial charge in [-0.2, -0.15) is 0 Å². The molecule has 6 aromatic rings. The number of carboxylic acid groups (broad SMARTS) is 1. The largest absolute Gasteiger partial charge is 0.481 e. The monoisotopic (exact) mass is 644 g/mol. The number of anilines is 6. The molecule has 6 rings (SSSR count). The highest BCUT2D eigenvalue weighted by molar-refractivity contribution is 5.81. The first-order valence-corrected chi connectivity index (χ1v) is 16.9. The van der Waals surface area contributed by atoms with Gasteiger partial charge in [-0.15, -0.1) is 0 Å². The van der Waals surface area contributed by atoms with Crippen LogP contribution in [0.2, 0.25) is 0 Å². The molecular formula is C45H44N2O2. The molecule has 246 valence electrons. The van der Waals surface area contributed by atoms with Gasteiger partial charge in [-0.3, -0.25) is 4.79 Å². The minimum Gasteiger partial charge on any atom is -0.481 e. The summed E-state index contributed by atoms with van der Waals surface area (Å²) < 4.78 is 0. The summed E-state index contributed by atoms with van der Waals surface area (Å²) in [4.78, 5) is 16.6. The maximum Gasteiger partial charge on any atom is 0.303 e. The molecule has 1 N–H and O–H groups in total. The number of nitrogens with zero attached hydrogens (tertiary/aromatic N) is 2. The summed E-state index contributed by atoms with van der Waals surface area (Å²) in [6, 6.07) is 51.1. The molecule has 0 aliphatic carbocycles. The van der Waals surface area contributed by atoms with Gasteiger partial charge in [-0.1, -0.05) is 104 Å². The molecule has 0 saturated heterocycles. The second-order valence-corrected chi connectivity index (χ2v) is 13.1. The zero-order chi connectivity index (χ0) is 34.5. The minimum absolute atomic E-state index is 0.0666. The molecule has 0 unspecified atom stereocenters. The van der Waals surface area contributed by atoms with Gasteiger partial charge in [-0.05, 0) is 116 Å². The summed E-state index contributed by atoms with van der Waals surface area (Å²) in [7, 11) is 0. The lowest BCUT2D eigenvalue weighted by Crippen LogP contribution is -2.25. The number of rotatable bonds is 11. The van der Waals surface area contributed by atoms with E-state index in [9.17, 15) is 9.90 Å². The van der Waals surface area contributed by atoms with E-state index >= 15 is 0 Å². The van der Waals surface area contributed by atoms with Gasteiger partial charge < -0.3 is 14.9 Å². The molecule has 0 amide bonds. The summed E-state index contributed by atoms with van der Waals surface area (Å²) >= 11 is 0. The molecule has 49 heavy (non-hydrogen) atoms. The molecule has 0 heterocycles. The van der Waals surface area contributed by atoms with Crippen molar-refractivity contribution in [3.05, 3.63) is 179 Å². The lowest BCUT2D eigenvalue weighted by Gasteiger charge is -2.33. The first-order valence-electron chi connectivity index (χ1n) is 16.9. The highest BCUT2D eigenvalue weighted by Crippen LogP contribution is 2.43. The zero-order valence-corrected chi connectivity index (χ0v) is 29.0. The molecule has 4 nitrogen and oxygen atoms in total. The molecule has 0 spiro atoms. The molecular weight excluding hydrogens is 601 g/mol. The predicted molar refractivity (Wildman–Crippen MR) is 205 cm³/mol. The molecule has 0 aromatic heterocycles. The third kappa shape index (κ3) is 6.86. The number of carboxylic acids is 1. The number of para-hydroxylation sites is 4. The van der Waals surface area contributed by atoms with Crippen LogP contribution in [0.15, 0.2) is 146 Å². The van der Waals surface area contributed by atoms with Crippen LogP contribution in [0, 0.1) is 27.7 Å². The van der Waals surface area contributed by atoms with Gasteiger partial charge in [0.15, 0.2) is 0 Å². The van der Waals surface area contributed by atoms with Crippen molar-refractivity contribution in [2.75, 3.05) is 9.80 Å². The summed E-state index contributed by atoms with van der Waals surface area (Å²) in [6.07, 6.45) is 0.538. The lowest BCUT2D eigenvalue weighted by atomic mass is 9.73. The highest BCUT2D eigenvalue weighted by Gasteiger charge is 2.31. The highest BCUT2D eigenvalue weighted by atomic mass is 16.4. The van der Waals surface area contributed by atoms with Crippen LogP contribution in [-0.2, 0) is 10.2 Å². The SMILES string of the molecule is Cc1ccccc1N(c1ccc(C(C)(CCC(=O)O)c2ccc(N(c3ccccc3C)c3ccccc3C)cc2)cc1)c1ccccc1C. The first kappa shape index (κ1) is 33.3. The van der Waals surface area contributed by atoms with Gasteiger partial charge in [0.25, 0.3) is 0 Å². The molecule has 0 aliphatic heterocycles. The van der Waals surface area contributed by atoms with Gasteiger partial charge in [-0.25, -0.2) is 0 Å². The Labute approximate surface area is 290 Å². The van der Waals surface area contributed by atoms with Crippen molar-refractivity contribution in [1.82, 2.24) is 0 Å². The third-order valence-electron chi connectivity index (χ3n) is 9.79. The minimum atomic E-state index is -0.796. The van der Waals surface area contributed by atoms with Crippen molar-refractivity contribution >= 4 is 40.1 Å². The summed E-state index contributed by atoms with van der Waals surface area (Å²) in [5.41, 5.74) is 13.0. The van der Waals surface area contributed by atoms with Crippen molar-refractivity contribution in [2.24, 2.45) is 0 Å². The average molecular weight is 645 g/mol. The van der Waals surface area contributed by atoms with E-state index in [1.807, 2.05) is 0 Å². The quantitative estimate of drug-likeness (QED) is 0.152. The number of carbonyl (C=O) groups is 1. The molecule has 6 aromatic carbocycles. The van der Waals surface area contributed by atoms with Crippen molar-refractivity contribution in [2.45, 2.75) is 52.9 Å². The zero-order valence-electron chi connectivity index (χ0n) is 29.0. The van der Waals surface area contributed by atoms with Gasteiger partial charge in [0.1, 0.15) is 0 Å². The van der Waals surface area contributed by atoms with Crippen LogP contribution < -0.4 is 9.80 Å². The van der Waals surface area contributed by atoms with Crippen molar-refractivity contribution in [1.29, 1.82) is 0 Å². The summed E-state index contributed by atoms with van der Waals surface area (Å²) in [6.45, 7) is 10.7. The molecule has 0 fully saturated rings. The predicted octanol–water partition coefficient (Wildman–Crippen LogP) is 12.0. The Morgan fingerprint density at radius 1 is 0.490 bits per heavy atom. The maximum atomic E-state index is 11.9. The second-order valence-electron chi connectivity index (χ2n) is 13.1. The third-order valence-corrected chi connectivity index (χ3v) is 9.79. The van der Waals surface area contributed by atoms with Crippen LogP contribution in [0.1, 0.15) is 53.1 Å². The first-order chi connectivity index (χ1) is 23.7. The van der Waals surface area contributed by atoms with Crippen LogP contribution in [0.5, 0.6) is 0 Å². The van der Waals surface area contributed by atoms with E-state index in [4.69, 9.17) is 0 Å². The van der Waals surface area contributed by atoms with E-state index in [0.717, 1.165) is 45.3 Å². The van der Waals surface area contributed by atoms with E-state index in [1.54, 1.807) is 0 Å². The van der Waals surface area contributed by atoms with Crippen LogP contribution in [0.25, 0.3) is 0 Å². The van der Waals surface area contributed by atoms with E-state index in [0.29, 0.717) is 6.42 Å². The van der Waals surface area contributed by atoms with Crippen LogP contribution in [0.3, 0.4) is 0 Å². The molecule has 0 saturated carbocycles. The number of aliphatic carboxylic acids is 1. The van der Waals surface area contributed by atoms with Crippen LogP contribution in [0.4, 0.5) is 34.1 Å². The van der Waals surface area contributed by atoms with Crippen molar-refractivity contribution in [3.63, 3.8) is 0 Å². The van der Waals surface area contributed by atoms with Crippen LogP contribution >= 0.6 is 0 Å². The van der Waals surface area contributed by atoms with Gasteiger partial charge >= 0.3 is 5.97 Å². The summed E-state index contributed by atoms with van der Waals surface area (Å²) in [5, 5.41) is 9.80. The van der Waals surface area contributed by atoms with E-state index < -0.39 is 11.4 Å².